The molecule has 0 unspecified atom stereocenters. The molecule has 2 aromatic rings. The summed E-state index contributed by atoms with van der Waals surface area (Å²) in [5.41, 5.74) is 6.55. The zero-order valence-electron chi connectivity index (χ0n) is 17.5. The van der Waals surface area contributed by atoms with Gasteiger partial charge in [-0.05, 0) is 0 Å². The maximum atomic E-state index is 12.1. The number of rotatable bonds is 8. The molecule has 2 N–H and O–H groups in total. The molecule has 4 atom stereocenters. The second kappa shape index (κ2) is 9.69. The van der Waals surface area contributed by atoms with Crippen molar-refractivity contribution in [2.45, 2.75) is 64.6 Å². The average Bonchev–Trinajstić information content (AvgIpc) is 3.34. The molecule has 1 aliphatic rings. The number of imidazole rings is 1. The van der Waals surface area contributed by atoms with Gasteiger partial charge in [0.25, 0.3) is 0 Å². The van der Waals surface area contributed by atoms with Gasteiger partial charge in [0, 0.05) is 19.3 Å². The van der Waals surface area contributed by atoms with Gasteiger partial charge in [-0.25, -0.2) is 15.0 Å². The number of nitrogen functional groups attached to an aromatic ring is 1. The highest BCUT2D eigenvalue weighted by Crippen LogP contribution is 2.36. The summed E-state index contributed by atoms with van der Waals surface area (Å²) in [6.07, 6.45) is -0.777. The largest absolute Gasteiger partial charge is 0.463 e. The Balaban J connectivity index is 1.99. The lowest BCUT2D eigenvalue weighted by molar-refractivity contribution is -0.169. The average molecular weight is 435 g/mol. The predicted octanol–water partition coefficient (Wildman–Crippen LogP) is 0.903. The number of fused-ring (bicyclic) bond motifs is 1. The minimum Gasteiger partial charge on any atom is -0.463 e. The molecule has 1 saturated heterocycles. The van der Waals surface area contributed by atoms with Gasteiger partial charge in [-0.3, -0.25) is 19.0 Å². The molecule has 0 aliphatic carbocycles. The third kappa shape index (κ3) is 4.74. The highest BCUT2D eigenvalue weighted by molar-refractivity contribution is 5.81. The Labute approximate surface area is 178 Å². The van der Waals surface area contributed by atoms with Gasteiger partial charge in [0.1, 0.15) is 24.6 Å². The third-order valence-electron chi connectivity index (χ3n) is 4.76. The number of carbonyl (C=O) groups excluding carboxylic acids is 3. The molecule has 0 aromatic carbocycles. The lowest BCUT2D eigenvalue weighted by Crippen LogP contribution is -2.41. The fourth-order valence-electron chi connectivity index (χ4n) is 3.14. The summed E-state index contributed by atoms with van der Waals surface area (Å²) in [5.74, 6) is -1.30. The Morgan fingerprint density at radius 2 is 1.65 bits per heavy atom. The van der Waals surface area contributed by atoms with E-state index in [1.807, 2.05) is 0 Å². The Morgan fingerprint density at radius 1 is 1.00 bits per heavy atom. The summed E-state index contributed by atoms with van der Waals surface area (Å²) in [7, 11) is 0. The maximum Gasteiger partial charge on any atom is 0.306 e. The zero-order chi connectivity index (χ0) is 22.5. The summed E-state index contributed by atoms with van der Waals surface area (Å²) in [6, 6.07) is 0. The first-order valence-electron chi connectivity index (χ1n) is 10.0. The topological polar surface area (TPSA) is 158 Å². The van der Waals surface area contributed by atoms with Gasteiger partial charge in [0.15, 0.2) is 29.9 Å². The fourth-order valence-corrected chi connectivity index (χ4v) is 3.14. The SMILES string of the molecule is CCC(=O)OC[C@H]1O[C@@H](n2cnc3c(N)ncnc32)[C@@H](OC(=O)CC)[C@@H]1OC(=O)CC. The Bertz CT molecular complexity index is 962. The van der Waals surface area contributed by atoms with Crippen molar-refractivity contribution in [1.29, 1.82) is 0 Å². The fraction of sp³-hybridized carbons (Fsp3) is 0.579. The van der Waals surface area contributed by atoms with Crippen molar-refractivity contribution in [2.75, 3.05) is 12.3 Å². The molecule has 3 heterocycles. The van der Waals surface area contributed by atoms with E-state index in [4.69, 9.17) is 24.7 Å². The molecular formula is C19H25N5O7. The minimum atomic E-state index is -1.03. The Morgan fingerprint density at radius 3 is 2.29 bits per heavy atom. The van der Waals surface area contributed by atoms with Gasteiger partial charge in [-0.1, -0.05) is 20.8 Å². The zero-order valence-corrected chi connectivity index (χ0v) is 17.5. The summed E-state index contributed by atoms with van der Waals surface area (Å²) in [4.78, 5) is 48.2. The van der Waals surface area contributed by atoms with Crippen molar-refractivity contribution in [1.82, 2.24) is 19.5 Å². The van der Waals surface area contributed by atoms with Crippen molar-refractivity contribution in [2.24, 2.45) is 0 Å². The number of nitrogens with two attached hydrogens (primary N) is 1. The number of nitrogens with zero attached hydrogens (tertiary/aromatic N) is 4. The van der Waals surface area contributed by atoms with Crippen LogP contribution < -0.4 is 5.73 Å². The molecular weight excluding hydrogens is 410 g/mol. The summed E-state index contributed by atoms with van der Waals surface area (Å²) in [6.45, 7) is 4.75. The molecule has 31 heavy (non-hydrogen) atoms. The van der Waals surface area contributed by atoms with Crippen LogP contribution in [0, 0.1) is 0 Å². The molecule has 0 amide bonds. The second-order valence-electron chi connectivity index (χ2n) is 6.80. The summed E-state index contributed by atoms with van der Waals surface area (Å²) >= 11 is 0. The van der Waals surface area contributed by atoms with Gasteiger partial charge < -0.3 is 24.7 Å². The van der Waals surface area contributed by atoms with Gasteiger partial charge in [-0.15, -0.1) is 0 Å². The van der Waals surface area contributed by atoms with Crippen LogP contribution in [0.1, 0.15) is 46.3 Å². The minimum absolute atomic E-state index is 0.104. The highest BCUT2D eigenvalue weighted by atomic mass is 16.7. The van der Waals surface area contributed by atoms with E-state index in [0.717, 1.165) is 0 Å². The molecule has 0 bridgehead atoms. The first-order valence-corrected chi connectivity index (χ1v) is 10.0. The summed E-state index contributed by atoms with van der Waals surface area (Å²) < 4.78 is 23.9. The molecule has 0 radical (unpaired) electrons. The number of carbonyl (C=O) groups is 3. The van der Waals surface area contributed by atoms with Gasteiger partial charge in [-0.2, -0.15) is 0 Å². The van der Waals surface area contributed by atoms with Crippen LogP contribution in [0.2, 0.25) is 0 Å². The first kappa shape index (κ1) is 22.4. The van der Waals surface area contributed by atoms with Crippen LogP contribution in [0.15, 0.2) is 12.7 Å². The van der Waals surface area contributed by atoms with Crippen molar-refractivity contribution >= 4 is 34.9 Å². The Hall–Kier alpha value is -3.28. The van der Waals surface area contributed by atoms with Crippen LogP contribution in [-0.2, 0) is 33.3 Å². The van der Waals surface area contributed by atoms with E-state index >= 15 is 0 Å². The van der Waals surface area contributed by atoms with Crippen LogP contribution in [0.4, 0.5) is 5.82 Å². The van der Waals surface area contributed by atoms with Crippen molar-refractivity contribution in [3.63, 3.8) is 0 Å². The van der Waals surface area contributed by atoms with Crippen LogP contribution in [0.3, 0.4) is 0 Å². The number of hydrogen-bond donors (Lipinski definition) is 1. The van der Waals surface area contributed by atoms with E-state index in [0.29, 0.717) is 11.2 Å². The quantitative estimate of drug-likeness (QED) is 0.464. The van der Waals surface area contributed by atoms with E-state index in [1.54, 1.807) is 20.8 Å². The van der Waals surface area contributed by atoms with E-state index < -0.39 is 42.4 Å². The van der Waals surface area contributed by atoms with Crippen molar-refractivity contribution in [3.8, 4) is 0 Å². The monoisotopic (exact) mass is 435 g/mol. The molecule has 1 aliphatic heterocycles. The molecule has 1 fully saturated rings. The third-order valence-corrected chi connectivity index (χ3v) is 4.76. The van der Waals surface area contributed by atoms with E-state index in [1.165, 1.54) is 17.2 Å². The molecule has 0 saturated carbocycles. The molecule has 3 rings (SSSR count). The number of esters is 3. The highest BCUT2D eigenvalue weighted by Gasteiger charge is 2.51. The number of anilines is 1. The van der Waals surface area contributed by atoms with Crippen LogP contribution >= 0.6 is 0 Å². The number of ether oxygens (including phenoxy) is 4. The molecule has 12 nitrogen and oxygen atoms in total. The van der Waals surface area contributed by atoms with Crippen LogP contribution in [-0.4, -0.2) is 62.3 Å². The van der Waals surface area contributed by atoms with E-state index in [-0.39, 0.29) is 31.7 Å². The van der Waals surface area contributed by atoms with Crippen molar-refractivity contribution in [3.05, 3.63) is 12.7 Å². The van der Waals surface area contributed by atoms with Gasteiger partial charge >= 0.3 is 17.9 Å². The van der Waals surface area contributed by atoms with Crippen molar-refractivity contribution < 1.29 is 33.3 Å². The molecule has 12 heteroatoms. The lowest BCUT2D eigenvalue weighted by atomic mass is 10.1. The number of hydrogen-bond acceptors (Lipinski definition) is 11. The van der Waals surface area contributed by atoms with Crippen LogP contribution in [0.5, 0.6) is 0 Å². The standard InChI is InChI=1S/C19H25N5O7/c1-4-11(25)28-7-10-15(30-12(26)5-2)16(31-13(27)6-3)19(29-10)24-9-23-14-17(20)21-8-22-18(14)24/h8-10,15-16,19H,4-7H2,1-3H3,(H2,20,21,22)/t10-,15-,16+,19-/m1/s1. The first-order chi connectivity index (χ1) is 14.9. The molecule has 2 aromatic heterocycles. The second-order valence-corrected chi connectivity index (χ2v) is 6.80. The van der Waals surface area contributed by atoms with E-state index in [2.05, 4.69) is 15.0 Å². The smallest absolute Gasteiger partial charge is 0.306 e. The van der Waals surface area contributed by atoms with E-state index in [9.17, 15) is 14.4 Å². The predicted molar refractivity (Wildman–Crippen MR) is 105 cm³/mol. The normalized spacial score (nSPS) is 22.9. The Kier molecular flexibility index (Phi) is 7.00. The molecule has 168 valence electrons. The summed E-state index contributed by atoms with van der Waals surface area (Å²) in [5, 5.41) is 0. The lowest BCUT2D eigenvalue weighted by Gasteiger charge is -2.24. The number of aromatic nitrogens is 4. The van der Waals surface area contributed by atoms with Gasteiger partial charge in [0.05, 0.1) is 6.33 Å². The molecule has 0 spiro atoms. The maximum absolute atomic E-state index is 12.1. The van der Waals surface area contributed by atoms with Crippen LogP contribution in [0.25, 0.3) is 11.2 Å². The van der Waals surface area contributed by atoms with Gasteiger partial charge in [0.2, 0.25) is 0 Å².